The molecule has 5 nitrogen and oxygen atoms in total. The van der Waals surface area contributed by atoms with Crippen LogP contribution in [0, 0.1) is 0 Å². The minimum atomic E-state index is -0.0726. The SMILES string of the molecule is CNC(=O)c1cc2c(nc1N(C)C)CCN(C)CC2. The average molecular weight is 262 g/mol. The second-order valence-electron chi connectivity index (χ2n) is 5.24. The molecule has 19 heavy (non-hydrogen) atoms. The summed E-state index contributed by atoms with van der Waals surface area (Å²) in [7, 11) is 7.62. The van der Waals surface area contributed by atoms with Crippen LogP contribution in [0.5, 0.6) is 0 Å². The highest BCUT2D eigenvalue weighted by Crippen LogP contribution is 2.22. The van der Waals surface area contributed by atoms with E-state index in [1.54, 1.807) is 7.05 Å². The number of carbonyl (C=O) groups is 1. The highest BCUT2D eigenvalue weighted by Gasteiger charge is 2.20. The number of rotatable bonds is 2. The molecule has 1 aromatic rings. The van der Waals surface area contributed by atoms with Crippen molar-refractivity contribution < 1.29 is 4.79 Å². The minimum absolute atomic E-state index is 0.0726. The predicted octanol–water partition coefficient (Wildman–Crippen LogP) is 0.538. The average Bonchev–Trinajstić information content (AvgIpc) is 2.58. The number of nitrogens with one attached hydrogen (secondary N) is 1. The van der Waals surface area contributed by atoms with Gasteiger partial charge in [0, 0.05) is 46.3 Å². The molecule has 0 fully saturated rings. The fourth-order valence-electron chi connectivity index (χ4n) is 2.38. The fraction of sp³-hybridized carbons (Fsp3) is 0.571. The second kappa shape index (κ2) is 5.57. The first-order valence-electron chi connectivity index (χ1n) is 6.63. The van der Waals surface area contributed by atoms with E-state index in [9.17, 15) is 4.79 Å². The summed E-state index contributed by atoms with van der Waals surface area (Å²) in [4.78, 5) is 20.9. The van der Waals surface area contributed by atoms with Gasteiger partial charge in [0.15, 0.2) is 0 Å². The maximum Gasteiger partial charge on any atom is 0.254 e. The monoisotopic (exact) mass is 262 g/mol. The molecule has 0 saturated carbocycles. The maximum absolute atomic E-state index is 12.0. The summed E-state index contributed by atoms with van der Waals surface area (Å²) in [6, 6.07) is 2.01. The van der Waals surface area contributed by atoms with E-state index in [2.05, 4.69) is 17.3 Å². The van der Waals surface area contributed by atoms with Gasteiger partial charge in [-0.3, -0.25) is 4.79 Å². The third-order valence-electron chi connectivity index (χ3n) is 3.56. The Morgan fingerprint density at radius 1 is 1.37 bits per heavy atom. The van der Waals surface area contributed by atoms with Gasteiger partial charge in [-0.15, -0.1) is 0 Å². The van der Waals surface area contributed by atoms with Crippen LogP contribution >= 0.6 is 0 Å². The Morgan fingerprint density at radius 2 is 2.05 bits per heavy atom. The number of hydrogen-bond acceptors (Lipinski definition) is 4. The molecule has 104 valence electrons. The van der Waals surface area contributed by atoms with Gasteiger partial charge in [-0.25, -0.2) is 4.98 Å². The van der Waals surface area contributed by atoms with Crippen LogP contribution in [0.15, 0.2) is 6.07 Å². The van der Waals surface area contributed by atoms with Crippen LogP contribution in [-0.2, 0) is 12.8 Å². The first-order chi connectivity index (χ1) is 9.02. The van der Waals surface area contributed by atoms with Gasteiger partial charge in [0.25, 0.3) is 5.91 Å². The molecule has 0 unspecified atom stereocenters. The van der Waals surface area contributed by atoms with Gasteiger partial charge in [0.05, 0.1) is 5.56 Å². The molecule has 5 heteroatoms. The van der Waals surface area contributed by atoms with E-state index in [-0.39, 0.29) is 5.91 Å². The number of amides is 1. The van der Waals surface area contributed by atoms with Gasteiger partial charge >= 0.3 is 0 Å². The molecule has 1 aliphatic rings. The number of anilines is 1. The summed E-state index contributed by atoms with van der Waals surface area (Å²) in [5.41, 5.74) is 2.99. The van der Waals surface area contributed by atoms with Crippen molar-refractivity contribution in [3.8, 4) is 0 Å². The van der Waals surface area contributed by atoms with Gasteiger partial charge in [0.1, 0.15) is 5.82 Å². The maximum atomic E-state index is 12.0. The molecule has 2 heterocycles. The molecule has 0 atom stereocenters. The lowest BCUT2D eigenvalue weighted by Crippen LogP contribution is -2.24. The van der Waals surface area contributed by atoms with Crippen molar-refractivity contribution in [2.75, 3.05) is 46.2 Å². The summed E-state index contributed by atoms with van der Waals surface area (Å²) in [6.07, 6.45) is 1.90. The first kappa shape index (κ1) is 13.8. The third-order valence-corrected chi connectivity index (χ3v) is 3.56. The van der Waals surface area contributed by atoms with E-state index in [0.29, 0.717) is 5.56 Å². The van der Waals surface area contributed by atoms with E-state index in [1.807, 2.05) is 25.1 Å². The predicted molar refractivity (Wildman–Crippen MR) is 76.9 cm³/mol. The minimum Gasteiger partial charge on any atom is -0.362 e. The van der Waals surface area contributed by atoms with E-state index in [1.165, 1.54) is 5.56 Å². The summed E-state index contributed by atoms with van der Waals surface area (Å²) in [5.74, 6) is 0.680. The lowest BCUT2D eigenvalue weighted by Gasteiger charge is -2.18. The molecule has 2 rings (SSSR count). The van der Waals surface area contributed by atoms with Crippen LogP contribution in [0.4, 0.5) is 5.82 Å². The molecule has 0 aromatic carbocycles. The van der Waals surface area contributed by atoms with Crippen LogP contribution in [-0.4, -0.2) is 57.1 Å². The molecular formula is C14H22N4O. The Morgan fingerprint density at radius 3 is 2.68 bits per heavy atom. The Bertz CT molecular complexity index is 485. The highest BCUT2D eigenvalue weighted by atomic mass is 16.1. The van der Waals surface area contributed by atoms with Gasteiger partial charge < -0.3 is 15.1 Å². The number of nitrogens with zero attached hydrogens (tertiary/aromatic N) is 3. The van der Waals surface area contributed by atoms with E-state index in [4.69, 9.17) is 4.98 Å². The van der Waals surface area contributed by atoms with Gasteiger partial charge in [0.2, 0.25) is 0 Å². The van der Waals surface area contributed by atoms with Crippen molar-refractivity contribution >= 4 is 11.7 Å². The van der Waals surface area contributed by atoms with E-state index < -0.39 is 0 Å². The molecule has 0 saturated heterocycles. The van der Waals surface area contributed by atoms with E-state index >= 15 is 0 Å². The van der Waals surface area contributed by atoms with Crippen LogP contribution in [0.1, 0.15) is 21.6 Å². The molecule has 1 aromatic heterocycles. The van der Waals surface area contributed by atoms with Crippen LogP contribution in [0.2, 0.25) is 0 Å². The number of likely N-dealkylation sites (N-methyl/N-ethyl adjacent to an activating group) is 1. The lowest BCUT2D eigenvalue weighted by atomic mass is 10.0. The quantitative estimate of drug-likeness (QED) is 0.845. The van der Waals surface area contributed by atoms with Crippen molar-refractivity contribution in [1.82, 2.24) is 15.2 Å². The Hall–Kier alpha value is -1.62. The van der Waals surface area contributed by atoms with E-state index in [0.717, 1.165) is 37.4 Å². The largest absolute Gasteiger partial charge is 0.362 e. The molecule has 0 aliphatic carbocycles. The first-order valence-corrected chi connectivity index (χ1v) is 6.63. The van der Waals surface area contributed by atoms with Crippen molar-refractivity contribution in [3.63, 3.8) is 0 Å². The summed E-state index contributed by atoms with van der Waals surface area (Å²) < 4.78 is 0. The number of hydrogen-bond donors (Lipinski definition) is 1. The molecule has 0 spiro atoms. The zero-order chi connectivity index (χ0) is 14.0. The fourth-order valence-corrected chi connectivity index (χ4v) is 2.38. The third kappa shape index (κ3) is 2.87. The highest BCUT2D eigenvalue weighted by molar-refractivity contribution is 5.99. The molecule has 0 radical (unpaired) electrons. The molecule has 1 N–H and O–H groups in total. The molecule has 1 aliphatic heterocycles. The standard InChI is InChI=1S/C14H22N4O/c1-15-14(19)11-9-10-5-7-18(4)8-6-12(10)16-13(11)17(2)3/h9H,5-8H2,1-4H3,(H,15,19). The topological polar surface area (TPSA) is 48.5 Å². The zero-order valence-corrected chi connectivity index (χ0v) is 12.2. The molecule has 1 amide bonds. The van der Waals surface area contributed by atoms with Crippen LogP contribution < -0.4 is 10.2 Å². The number of carbonyl (C=O) groups excluding carboxylic acids is 1. The number of pyridine rings is 1. The lowest BCUT2D eigenvalue weighted by molar-refractivity contribution is 0.0963. The Labute approximate surface area is 114 Å². The van der Waals surface area contributed by atoms with Crippen molar-refractivity contribution in [2.45, 2.75) is 12.8 Å². The van der Waals surface area contributed by atoms with Crippen molar-refractivity contribution in [1.29, 1.82) is 0 Å². The van der Waals surface area contributed by atoms with Gasteiger partial charge in [-0.1, -0.05) is 0 Å². The Balaban J connectivity index is 2.48. The zero-order valence-electron chi connectivity index (χ0n) is 12.2. The Kier molecular flexibility index (Phi) is 4.04. The van der Waals surface area contributed by atoms with Crippen LogP contribution in [0.3, 0.4) is 0 Å². The van der Waals surface area contributed by atoms with Gasteiger partial charge in [-0.05, 0) is 25.1 Å². The number of aromatic nitrogens is 1. The second-order valence-corrected chi connectivity index (χ2v) is 5.24. The normalized spacial score (nSPS) is 15.6. The van der Waals surface area contributed by atoms with Crippen molar-refractivity contribution in [2.24, 2.45) is 0 Å². The van der Waals surface area contributed by atoms with Crippen molar-refractivity contribution in [3.05, 3.63) is 22.9 Å². The van der Waals surface area contributed by atoms with Gasteiger partial charge in [-0.2, -0.15) is 0 Å². The molecular weight excluding hydrogens is 240 g/mol. The smallest absolute Gasteiger partial charge is 0.254 e. The summed E-state index contributed by atoms with van der Waals surface area (Å²) >= 11 is 0. The summed E-state index contributed by atoms with van der Waals surface area (Å²) in [6.45, 7) is 2.04. The molecule has 0 bridgehead atoms. The van der Waals surface area contributed by atoms with Crippen LogP contribution in [0.25, 0.3) is 0 Å². The summed E-state index contributed by atoms with van der Waals surface area (Å²) in [5, 5.41) is 2.69. The number of fused-ring (bicyclic) bond motifs is 1.